The molecule has 0 amide bonds. The lowest BCUT2D eigenvalue weighted by molar-refractivity contribution is 0.0494. The normalized spacial score (nSPS) is 25.0. The Kier molecular flexibility index (Phi) is 3.91. The second-order valence-electron chi connectivity index (χ2n) is 4.54. The predicted octanol–water partition coefficient (Wildman–Crippen LogP) is 0.830. The molecule has 2 heterocycles. The zero-order chi connectivity index (χ0) is 12.3. The molecule has 1 aromatic rings. The van der Waals surface area contributed by atoms with Crippen LogP contribution in [-0.2, 0) is 11.3 Å². The maximum Gasteiger partial charge on any atom is 0.225 e. The van der Waals surface area contributed by atoms with Gasteiger partial charge in [0.1, 0.15) is 0 Å². The number of nitrogens with zero attached hydrogens (tertiary/aromatic N) is 3. The molecule has 1 saturated heterocycles. The Balaban J connectivity index is 2.06. The number of anilines is 1. The SMILES string of the molecule is COC1CN(c2ncc(CO)cn2)CCC1C. The quantitative estimate of drug-likeness (QED) is 0.844. The fourth-order valence-electron chi connectivity index (χ4n) is 2.12. The van der Waals surface area contributed by atoms with Gasteiger partial charge >= 0.3 is 0 Å². The van der Waals surface area contributed by atoms with Gasteiger partial charge in [0.2, 0.25) is 5.95 Å². The lowest BCUT2D eigenvalue weighted by Gasteiger charge is -2.36. The molecule has 5 nitrogen and oxygen atoms in total. The number of methoxy groups -OCH3 is 1. The van der Waals surface area contributed by atoms with Gasteiger partial charge in [0.25, 0.3) is 0 Å². The number of hydrogen-bond donors (Lipinski definition) is 1. The van der Waals surface area contributed by atoms with Crippen LogP contribution in [0.4, 0.5) is 5.95 Å². The first-order valence-corrected chi connectivity index (χ1v) is 5.94. The Morgan fingerprint density at radius 1 is 1.47 bits per heavy atom. The van der Waals surface area contributed by atoms with E-state index < -0.39 is 0 Å². The van der Waals surface area contributed by atoms with Gasteiger partial charge in [-0.25, -0.2) is 9.97 Å². The highest BCUT2D eigenvalue weighted by molar-refractivity contribution is 5.31. The molecule has 0 aliphatic carbocycles. The van der Waals surface area contributed by atoms with Crippen LogP contribution in [0.1, 0.15) is 18.9 Å². The number of piperidine rings is 1. The fourth-order valence-corrected chi connectivity index (χ4v) is 2.12. The van der Waals surface area contributed by atoms with Crippen LogP contribution in [0.25, 0.3) is 0 Å². The van der Waals surface area contributed by atoms with Gasteiger partial charge in [-0.1, -0.05) is 6.92 Å². The molecule has 1 N–H and O–H groups in total. The van der Waals surface area contributed by atoms with Crippen molar-refractivity contribution in [3.63, 3.8) is 0 Å². The standard InChI is InChI=1S/C12H19N3O2/c1-9-3-4-15(7-11(9)17-2)12-13-5-10(8-16)6-14-12/h5-6,9,11,16H,3-4,7-8H2,1-2H3. The molecule has 1 aromatic heterocycles. The highest BCUT2D eigenvalue weighted by atomic mass is 16.5. The Morgan fingerprint density at radius 3 is 2.76 bits per heavy atom. The number of ether oxygens (including phenoxy) is 1. The Bertz CT molecular complexity index is 355. The second kappa shape index (κ2) is 5.42. The monoisotopic (exact) mass is 237 g/mol. The van der Waals surface area contributed by atoms with Crippen LogP contribution >= 0.6 is 0 Å². The molecule has 1 aliphatic heterocycles. The molecule has 0 aromatic carbocycles. The third kappa shape index (κ3) is 2.73. The number of aliphatic hydroxyl groups excluding tert-OH is 1. The minimum atomic E-state index is -0.0159. The summed E-state index contributed by atoms with van der Waals surface area (Å²) in [5.41, 5.74) is 0.738. The van der Waals surface area contributed by atoms with E-state index in [1.54, 1.807) is 19.5 Å². The van der Waals surface area contributed by atoms with Gasteiger partial charge in [0, 0.05) is 38.2 Å². The van der Waals surface area contributed by atoms with Gasteiger partial charge in [0.05, 0.1) is 12.7 Å². The molecule has 0 radical (unpaired) electrons. The van der Waals surface area contributed by atoms with Crippen molar-refractivity contribution < 1.29 is 9.84 Å². The van der Waals surface area contributed by atoms with Crippen LogP contribution < -0.4 is 4.90 Å². The molecule has 2 atom stereocenters. The molecule has 5 heteroatoms. The van der Waals surface area contributed by atoms with Gasteiger partial charge in [-0.2, -0.15) is 0 Å². The molecular formula is C12H19N3O2. The van der Waals surface area contributed by atoms with Gasteiger partial charge in [0.15, 0.2) is 0 Å². The molecule has 0 bridgehead atoms. The van der Waals surface area contributed by atoms with E-state index in [0.29, 0.717) is 5.92 Å². The minimum absolute atomic E-state index is 0.0159. The van der Waals surface area contributed by atoms with E-state index in [1.165, 1.54) is 0 Å². The number of rotatable bonds is 3. The van der Waals surface area contributed by atoms with Crippen molar-refractivity contribution in [1.29, 1.82) is 0 Å². The number of aliphatic hydroxyl groups is 1. The second-order valence-corrected chi connectivity index (χ2v) is 4.54. The molecule has 0 spiro atoms. The van der Waals surface area contributed by atoms with Crippen LogP contribution in [-0.4, -0.2) is 41.4 Å². The molecule has 1 fully saturated rings. The maximum absolute atomic E-state index is 8.94. The van der Waals surface area contributed by atoms with Gasteiger partial charge in [-0.05, 0) is 12.3 Å². The molecule has 2 rings (SSSR count). The van der Waals surface area contributed by atoms with E-state index in [1.807, 2.05) is 0 Å². The summed E-state index contributed by atoms with van der Waals surface area (Å²) in [6, 6.07) is 0. The van der Waals surface area contributed by atoms with Crippen LogP contribution in [0.3, 0.4) is 0 Å². The molecular weight excluding hydrogens is 218 g/mol. The molecule has 0 saturated carbocycles. The number of aromatic nitrogens is 2. The summed E-state index contributed by atoms with van der Waals surface area (Å²) in [5, 5.41) is 8.94. The predicted molar refractivity (Wildman–Crippen MR) is 64.7 cm³/mol. The summed E-state index contributed by atoms with van der Waals surface area (Å²) in [7, 11) is 1.75. The summed E-state index contributed by atoms with van der Waals surface area (Å²) in [4.78, 5) is 10.7. The molecule has 94 valence electrons. The van der Waals surface area contributed by atoms with E-state index in [-0.39, 0.29) is 12.7 Å². The van der Waals surface area contributed by atoms with Crippen molar-refractivity contribution in [1.82, 2.24) is 9.97 Å². The lowest BCUT2D eigenvalue weighted by Crippen LogP contribution is -2.44. The van der Waals surface area contributed by atoms with E-state index in [2.05, 4.69) is 21.8 Å². The van der Waals surface area contributed by atoms with Crippen molar-refractivity contribution in [3.05, 3.63) is 18.0 Å². The zero-order valence-electron chi connectivity index (χ0n) is 10.3. The van der Waals surface area contributed by atoms with E-state index in [9.17, 15) is 0 Å². The van der Waals surface area contributed by atoms with Crippen LogP contribution in [0.15, 0.2) is 12.4 Å². The fraction of sp³-hybridized carbons (Fsp3) is 0.667. The highest BCUT2D eigenvalue weighted by Gasteiger charge is 2.27. The average Bonchev–Trinajstić information content (AvgIpc) is 2.39. The Labute approximate surface area is 101 Å². The van der Waals surface area contributed by atoms with E-state index in [4.69, 9.17) is 9.84 Å². The smallest absolute Gasteiger partial charge is 0.225 e. The third-order valence-corrected chi connectivity index (χ3v) is 3.35. The summed E-state index contributed by atoms with van der Waals surface area (Å²) < 4.78 is 5.46. The van der Waals surface area contributed by atoms with Gasteiger partial charge in [-0.3, -0.25) is 0 Å². The minimum Gasteiger partial charge on any atom is -0.392 e. The maximum atomic E-state index is 8.94. The topological polar surface area (TPSA) is 58.5 Å². The van der Waals surface area contributed by atoms with Crippen molar-refractivity contribution in [2.75, 3.05) is 25.1 Å². The lowest BCUT2D eigenvalue weighted by atomic mass is 9.96. The molecule has 1 aliphatic rings. The van der Waals surface area contributed by atoms with Crippen molar-refractivity contribution in [2.45, 2.75) is 26.1 Å². The Hall–Kier alpha value is -1.20. The summed E-state index contributed by atoms with van der Waals surface area (Å²) >= 11 is 0. The number of hydrogen-bond acceptors (Lipinski definition) is 5. The van der Waals surface area contributed by atoms with E-state index in [0.717, 1.165) is 31.0 Å². The first-order chi connectivity index (χ1) is 8.24. The van der Waals surface area contributed by atoms with Crippen LogP contribution in [0, 0.1) is 5.92 Å². The summed E-state index contributed by atoms with van der Waals surface area (Å²) in [5.74, 6) is 1.30. The van der Waals surface area contributed by atoms with Gasteiger partial charge < -0.3 is 14.7 Å². The van der Waals surface area contributed by atoms with Crippen LogP contribution in [0.2, 0.25) is 0 Å². The Morgan fingerprint density at radius 2 is 2.18 bits per heavy atom. The van der Waals surface area contributed by atoms with Crippen molar-refractivity contribution in [2.24, 2.45) is 5.92 Å². The van der Waals surface area contributed by atoms with E-state index >= 15 is 0 Å². The summed E-state index contributed by atoms with van der Waals surface area (Å²) in [6.45, 7) is 3.98. The highest BCUT2D eigenvalue weighted by Crippen LogP contribution is 2.22. The summed E-state index contributed by atoms with van der Waals surface area (Å²) in [6.07, 6.45) is 4.67. The first kappa shape index (κ1) is 12.3. The average molecular weight is 237 g/mol. The largest absolute Gasteiger partial charge is 0.392 e. The third-order valence-electron chi connectivity index (χ3n) is 3.35. The zero-order valence-corrected chi connectivity index (χ0v) is 10.3. The molecule has 2 unspecified atom stereocenters. The van der Waals surface area contributed by atoms with Crippen molar-refractivity contribution >= 4 is 5.95 Å². The van der Waals surface area contributed by atoms with Crippen molar-refractivity contribution in [3.8, 4) is 0 Å². The molecule has 17 heavy (non-hydrogen) atoms. The first-order valence-electron chi connectivity index (χ1n) is 5.94. The van der Waals surface area contributed by atoms with Gasteiger partial charge in [-0.15, -0.1) is 0 Å². The van der Waals surface area contributed by atoms with Crippen LogP contribution in [0.5, 0.6) is 0 Å².